The maximum Gasteiger partial charge on any atom is 0.0916 e. The predicted octanol–water partition coefficient (Wildman–Crippen LogP) is 2.53. The fraction of sp³-hybridized carbons (Fsp3) is 0.625. The van der Waals surface area contributed by atoms with Crippen LogP contribution in [0.25, 0.3) is 0 Å². The number of β-amino-alcohol motifs (C(OH)–C–C–N with tert-alkyl or cyclic N) is 1. The van der Waals surface area contributed by atoms with E-state index in [9.17, 15) is 5.11 Å². The third-order valence-corrected chi connectivity index (χ3v) is 3.83. The minimum absolute atomic E-state index is 0.385. The summed E-state index contributed by atoms with van der Waals surface area (Å²) >= 11 is 0. The summed E-state index contributed by atoms with van der Waals surface area (Å²) in [7, 11) is 0. The molecule has 0 spiro atoms. The minimum atomic E-state index is -0.385. The van der Waals surface area contributed by atoms with Crippen LogP contribution in [0.5, 0.6) is 0 Å². The molecule has 0 radical (unpaired) electrons. The van der Waals surface area contributed by atoms with Crippen LogP contribution in [-0.4, -0.2) is 42.4 Å². The van der Waals surface area contributed by atoms with Crippen LogP contribution in [0.1, 0.15) is 37.0 Å². The van der Waals surface area contributed by atoms with Crippen molar-refractivity contribution >= 4 is 0 Å². The summed E-state index contributed by atoms with van der Waals surface area (Å²) in [6, 6.07) is 8.15. The zero-order valence-electron chi connectivity index (χ0n) is 12.0. The van der Waals surface area contributed by atoms with Crippen molar-refractivity contribution in [2.24, 2.45) is 0 Å². The van der Waals surface area contributed by atoms with Crippen molar-refractivity contribution in [2.45, 2.75) is 38.9 Å². The molecule has 1 saturated heterocycles. The third-order valence-electron chi connectivity index (χ3n) is 3.83. The number of hydrogen-bond acceptors (Lipinski definition) is 3. The van der Waals surface area contributed by atoms with Gasteiger partial charge in [0, 0.05) is 26.2 Å². The summed E-state index contributed by atoms with van der Waals surface area (Å²) < 4.78 is 5.64. The number of aryl methyl sites for hydroxylation is 1. The SMILES string of the molecule is CCOC1CCN(CC(O)c2ccc(C)cc2)CC1. The average Bonchev–Trinajstić information content (AvgIpc) is 2.42. The lowest BCUT2D eigenvalue weighted by Crippen LogP contribution is -2.39. The van der Waals surface area contributed by atoms with Crippen LogP contribution in [0.4, 0.5) is 0 Å². The summed E-state index contributed by atoms with van der Waals surface area (Å²) in [4.78, 5) is 2.33. The highest BCUT2D eigenvalue weighted by Crippen LogP contribution is 2.19. The summed E-state index contributed by atoms with van der Waals surface area (Å²) in [6.07, 6.45) is 2.19. The van der Waals surface area contributed by atoms with Crippen molar-refractivity contribution in [1.82, 2.24) is 4.90 Å². The molecule has 1 N–H and O–H groups in total. The lowest BCUT2D eigenvalue weighted by molar-refractivity contribution is 0.00328. The molecule has 3 nitrogen and oxygen atoms in total. The molecular formula is C16H25NO2. The molecule has 0 amide bonds. The van der Waals surface area contributed by atoms with Gasteiger partial charge in [-0.05, 0) is 32.3 Å². The Hall–Kier alpha value is -0.900. The van der Waals surface area contributed by atoms with Crippen LogP contribution in [0.2, 0.25) is 0 Å². The van der Waals surface area contributed by atoms with Gasteiger partial charge >= 0.3 is 0 Å². The minimum Gasteiger partial charge on any atom is -0.387 e. The average molecular weight is 263 g/mol. The van der Waals surface area contributed by atoms with E-state index < -0.39 is 0 Å². The Labute approximate surface area is 116 Å². The first-order chi connectivity index (χ1) is 9.19. The van der Waals surface area contributed by atoms with E-state index in [0.717, 1.165) is 44.6 Å². The Morgan fingerprint density at radius 2 is 1.89 bits per heavy atom. The summed E-state index contributed by atoms with van der Waals surface area (Å²) in [6.45, 7) is 7.68. The number of hydrogen-bond donors (Lipinski definition) is 1. The van der Waals surface area contributed by atoms with Gasteiger partial charge in [0.1, 0.15) is 0 Å². The highest BCUT2D eigenvalue weighted by molar-refractivity contribution is 5.23. The van der Waals surface area contributed by atoms with Gasteiger partial charge in [0.05, 0.1) is 12.2 Å². The topological polar surface area (TPSA) is 32.7 Å². The molecule has 3 heteroatoms. The molecule has 0 aliphatic carbocycles. The Morgan fingerprint density at radius 3 is 2.47 bits per heavy atom. The van der Waals surface area contributed by atoms with Gasteiger partial charge in [-0.2, -0.15) is 0 Å². The van der Waals surface area contributed by atoms with E-state index >= 15 is 0 Å². The first-order valence-corrected chi connectivity index (χ1v) is 7.27. The van der Waals surface area contributed by atoms with Crippen LogP contribution < -0.4 is 0 Å². The van der Waals surface area contributed by atoms with Gasteiger partial charge in [0.15, 0.2) is 0 Å². The quantitative estimate of drug-likeness (QED) is 0.886. The molecule has 106 valence electrons. The normalized spacial score (nSPS) is 19.5. The zero-order valence-corrected chi connectivity index (χ0v) is 12.0. The number of likely N-dealkylation sites (tertiary alicyclic amines) is 1. The Morgan fingerprint density at radius 1 is 1.26 bits per heavy atom. The van der Waals surface area contributed by atoms with Crippen molar-refractivity contribution in [3.63, 3.8) is 0 Å². The molecule has 1 aromatic rings. The number of aliphatic hydroxyl groups is 1. The van der Waals surface area contributed by atoms with Gasteiger partial charge in [-0.3, -0.25) is 0 Å². The van der Waals surface area contributed by atoms with E-state index in [1.165, 1.54) is 5.56 Å². The van der Waals surface area contributed by atoms with Crippen LogP contribution in [0, 0.1) is 6.92 Å². The first kappa shape index (κ1) is 14.5. The highest BCUT2D eigenvalue weighted by Gasteiger charge is 2.21. The van der Waals surface area contributed by atoms with Crippen LogP contribution in [0.3, 0.4) is 0 Å². The number of nitrogens with zero attached hydrogens (tertiary/aromatic N) is 1. The fourth-order valence-corrected chi connectivity index (χ4v) is 2.63. The molecule has 1 heterocycles. The number of aliphatic hydroxyl groups excluding tert-OH is 1. The lowest BCUT2D eigenvalue weighted by atomic mass is 10.0. The van der Waals surface area contributed by atoms with E-state index in [0.29, 0.717) is 6.10 Å². The molecule has 2 rings (SSSR count). The molecule has 0 aromatic heterocycles. The Balaban J connectivity index is 1.80. The second-order valence-corrected chi connectivity index (χ2v) is 5.38. The number of piperidine rings is 1. The summed E-state index contributed by atoms with van der Waals surface area (Å²) in [5.74, 6) is 0. The highest BCUT2D eigenvalue weighted by atomic mass is 16.5. The second-order valence-electron chi connectivity index (χ2n) is 5.38. The summed E-state index contributed by atoms with van der Waals surface area (Å²) in [5, 5.41) is 10.3. The third kappa shape index (κ3) is 4.30. The predicted molar refractivity (Wildman–Crippen MR) is 77.2 cm³/mol. The molecule has 1 aromatic carbocycles. The number of rotatable bonds is 5. The van der Waals surface area contributed by atoms with Gasteiger partial charge in [0.2, 0.25) is 0 Å². The van der Waals surface area contributed by atoms with Gasteiger partial charge in [0.25, 0.3) is 0 Å². The number of benzene rings is 1. The van der Waals surface area contributed by atoms with E-state index in [4.69, 9.17) is 4.74 Å². The molecule has 1 fully saturated rings. The fourth-order valence-electron chi connectivity index (χ4n) is 2.63. The van der Waals surface area contributed by atoms with Crippen molar-refractivity contribution in [1.29, 1.82) is 0 Å². The monoisotopic (exact) mass is 263 g/mol. The van der Waals surface area contributed by atoms with Gasteiger partial charge in [-0.15, -0.1) is 0 Å². The molecule has 1 atom stereocenters. The molecule has 0 saturated carbocycles. The largest absolute Gasteiger partial charge is 0.387 e. The van der Waals surface area contributed by atoms with E-state index in [-0.39, 0.29) is 6.10 Å². The van der Waals surface area contributed by atoms with Gasteiger partial charge in [-0.25, -0.2) is 0 Å². The molecule has 1 aliphatic heterocycles. The smallest absolute Gasteiger partial charge is 0.0916 e. The van der Waals surface area contributed by atoms with E-state index in [2.05, 4.69) is 24.0 Å². The number of ether oxygens (including phenoxy) is 1. The molecule has 19 heavy (non-hydrogen) atoms. The first-order valence-electron chi connectivity index (χ1n) is 7.27. The molecule has 1 aliphatic rings. The van der Waals surface area contributed by atoms with Crippen molar-refractivity contribution in [3.05, 3.63) is 35.4 Å². The lowest BCUT2D eigenvalue weighted by Gasteiger charge is -2.33. The van der Waals surface area contributed by atoms with Gasteiger partial charge < -0.3 is 14.7 Å². The standard InChI is InChI=1S/C16H25NO2/c1-3-19-15-8-10-17(11-9-15)12-16(18)14-6-4-13(2)5-7-14/h4-7,15-16,18H,3,8-12H2,1-2H3. The summed E-state index contributed by atoms with van der Waals surface area (Å²) in [5.41, 5.74) is 2.24. The maximum absolute atomic E-state index is 10.3. The van der Waals surface area contributed by atoms with Gasteiger partial charge in [-0.1, -0.05) is 29.8 Å². The van der Waals surface area contributed by atoms with Crippen molar-refractivity contribution in [3.8, 4) is 0 Å². The second kappa shape index (κ2) is 7.04. The molecule has 0 bridgehead atoms. The Bertz CT molecular complexity index is 369. The van der Waals surface area contributed by atoms with Crippen molar-refractivity contribution in [2.75, 3.05) is 26.2 Å². The zero-order chi connectivity index (χ0) is 13.7. The molecule has 1 unspecified atom stereocenters. The molecular weight excluding hydrogens is 238 g/mol. The van der Waals surface area contributed by atoms with Crippen molar-refractivity contribution < 1.29 is 9.84 Å². The van der Waals surface area contributed by atoms with E-state index in [1.807, 2.05) is 19.1 Å². The Kier molecular flexibility index (Phi) is 5.37. The van der Waals surface area contributed by atoms with Crippen LogP contribution >= 0.6 is 0 Å². The van der Waals surface area contributed by atoms with Crippen LogP contribution in [0.15, 0.2) is 24.3 Å². The van der Waals surface area contributed by atoms with E-state index in [1.54, 1.807) is 0 Å². The van der Waals surface area contributed by atoms with Crippen LogP contribution in [-0.2, 0) is 4.74 Å². The maximum atomic E-state index is 10.3.